The average molecular weight is 255 g/mol. The third kappa shape index (κ3) is 3.56. The van der Waals surface area contributed by atoms with E-state index in [1.165, 1.54) is 4.90 Å². The fourth-order valence-corrected chi connectivity index (χ4v) is 1.90. The molecule has 0 aliphatic heterocycles. The number of carbonyl (C=O) groups is 2. The summed E-state index contributed by atoms with van der Waals surface area (Å²) in [4.78, 5) is 22.9. The van der Waals surface area contributed by atoms with Crippen LogP contribution in [0.5, 0.6) is 0 Å². The minimum absolute atomic E-state index is 0.314. The fourth-order valence-electron chi connectivity index (χ4n) is 1.90. The summed E-state index contributed by atoms with van der Waals surface area (Å²) in [6.45, 7) is 2.95. The number of aromatic nitrogens is 2. The van der Waals surface area contributed by atoms with Crippen molar-refractivity contribution < 1.29 is 19.8 Å². The molecule has 7 heteroatoms. The van der Waals surface area contributed by atoms with Gasteiger partial charge in [0.2, 0.25) is 0 Å². The summed E-state index contributed by atoms with van der Waals surface area (Å²) in [5.74, 6) is -2.10. The number of hydrogen-bond acceptors (Lipinski definition) is 4. The lowest BCUT2D eigenvalue weighted by atomic mass is 10.1. The second-order valence-electron chi connectivity index (χ2n) is 4.21. The van der Waals surface area contributed by atoms with E-state index in [2.05, 4.69) is 5.10 Å². The molecule has 0 spiro atoms. The first-order valence-corrected chi connectivity index (χ1v) is 5.49. The highest BCUT2D eigenvalue weighted by atomic mass is 16.4. The third-order valence-corrected chi connectivity index (χ3v) is 2.73. The van der Waals surface area contributed by atoms with Gasteiger partial charge in [-0.15, -0.1) is 0 Å². The van der Waals surface area contributed by atoms with Gasteiger partial charge in [-0.25, -0.2) is 0 Å². The van der Waals surface area contributed by atoms with Gasteiger partial charge >= 0.3 is 11.9 Å². The lowest BCUT2D eigenvalue weighted by Gasteiger charge is -2.25. The molecule has 0 amide bonds. The first-order chi connectivity index (χ1) is 8.31. The number of hydrogen-bond donors (Lipinski definition) is 2. The molecule has 0 aliphatic rings. The summed E-state index contributed by atoms with van der Waals surface area (Å²) in [6, 6.07) is -0.314. The topological polar surface area (TPSA) is 95.7 Å². The third-order valence-electron chi connectivity index (χ3n) is 2.73. The van der Waals surface area contributed by atoms with Crippen LogP contribution in [0.25, 0.3) is 0 Å². The SMILES string of the molecule is Cc1nn(C)cc1C(C)N(CC(=O)O)CC(=O)O. The van der Waals surface area contributed by atoms with E-state index in [1.807, 2.05) is 6.92 Å². The fraction of sp³-hybridized carbons (Fsp3) is 0.545. The molecular weight excluding hydrogens is 238 g/mol. The maximum Gasteiger partial charge on any atom is 0.317 e. The predicted molar refractivity (Wildman–Crippen MR) is 63.2 cm³/mol. The van der Waals surface area contributed by atoms with E-state index >= 15 is 0 Å². The second-order valence-corrected chi connectivity index (χ2v) is 4.21. The van der Waals surface area contributed by atoms with Gasteiger partial charge < -0.3 is 10.2 Å². The first-order valence-electron chi connectivity index (χ1n) is 5.49. The summed E-state index contributed by atoms with van der Waals surface area (Å²) in [5.41, 5.74) is 1.60. The van der Waals surface area contributed by atoms with Crippen molar-refractivity contribution in [1.82, 2.24) is 14.7 Å². The van der Waals surface area contributed by atoms with Gasteiger partial charge in [0.1, 0.15) is 0 Å². The van der Waals surface area contributed by atoms with E-state index in [0.29, 0.717) is 0 Å². The molecule has 1 rings (SSSR count). The highest BCUT2D eigenvalue weighted by Crippen LogP contribution is 2.22. The first kappa shape index (κ1) is 14.2. The highest BCUT2D eigenvalue weighted by Gasteiger charge is 2.23. The lowest BCUT2D eigenvalue weighted by molar-refractivity contribution is -0.142. The van der Waals surface area contributed by atoms with Crippen molar-refractivity contribution in [2.45, 2.75) is 19.9 Å². The van der Waals surface area contributed by atoms with Crippen LogP contribution in [0.4, 0.5) is 0 Å². The zero-order chi connectivity index (χ0) is 13.9. The Morgan fingerprint density at radius 3 is 2.22 bits per heavy atom. The molecule has 0 saturated heterocycles. The summed E-state index contributed by atoms with van der Waals surface area (Å²) < 4.78 is 1.63. The number of aliphatic carboxylic acids is 2. The van der Waals surface area contributed by atoms with Crippen molar-refractivity contribution in [3.8, 4) is 0 Å². The molecule has 0 aliphatic carbocycles. The standard InChI is InChI=1S/C11H17N3O4/c1-7-9(4-13(3)12-7)8(2)14(5-10(15)16)6-11(17)18/h4,8H,5-6H2,1-3H3,(H,15,16)(H,17,18). The Labute approximate surface area is 105 Å². The van der Waals surface area contributed by atoms with E-state index in [9.17, 15) is 9.59 Å². The maximum absolute atomic E-state index is 10.8. The van der Waals surface area contributed by atoms with E-state index in [1.54, 1.807) is 24.9 Å². The number of carboxylic acids is 2. The van der Waals surface area contributed by atoms with Crippen LogP contribution < -0.4 is 0 Å². The molecule has 100 valence electrons. The Balaban J connectivity index is 2.93. The van der Waals surface area contributed by atoms with Gasteiger partial charge in [0.05, 0.1) is 18.8 Å². The van der Waals surface area contributed by atoms with Gasteiger partial charge in [0.25, 0.3) is 0 Å². The lowest BCUT2D eigenvalue weighted by Crippen LogP contribution is -2.36. The van der Waals surface area contributed by atoms with Crippen molar-refractivity contribution in [2.24, 2.45) is 7.05 Å². The summed E-state index contributed by atoms with van der Waals surface area (Å²) in [5, 5.41) is 21.8. The smallest absolute Gasteiger partial charge is 0.317 e. The Hall–Kier alpha value is -1.89. The van der Waals surface area contributed by atoms with Crippen molar-refractivity contribution >= 4 is 11.9 Å². The molecule has 1 aromatic heterocycles. The minimum atomic E-state index is -1.05. The normalized spacial score (nSPS) is 12.7. The largest absolute Gasteiger partial charge is 0.480 e. The van der Waals surface area contributed by atoms with E-state index in [-0.39, 0.29) is 19.1 Å². The molecule has 1 unspecified atom stereocenters. The average Bonchev–Trinajstić information content (AvgIpc) is 2.54. The number of rotatable bonds is 6. The molecule has 0 bridgehead atoms. The van der Waals surface area contributed by atoms with Gasteiger partial charge in [-0.3, -0.25) is 19.2 Å². The molecule has 0 saturated carbocycles. The second kappa shape index (κ2) is 5.63. The molecule has 1 heterocycles. The molecular formula is C11H17N3O4. The van der Waals surface area contributed by atoms with E-state index in [4.69, 9.17) is 10.2 Å². The molecule has 7 nitrogen and oxygen atoms in total. The maximum atomic E-state index is 10.8. The Bertz CT molecular complexity index is 439. The van der Waals surface area contributed by atoms with Crippen LogP contribution in [0.1, 0.15) is 24.2 Å². The van der Waals surface area contributed by atoms with Gasteiger partial charge in [-0.2, -0.15) is 5.10 Å². The minimum Gasteiger partial charge on any atom is -0.480 e. The van der Waals surface area contributed by atoms with Crippen LogP contribution in [-0.2, 0) is 16.6 Å². The zero-order valence-corrected chi connectivity index (χ0v) is 10.6. The number of aryl methyl sites for hydroxylation is 2. The summed E-state index contributed by atoms with van der Waals surface area (Å²) >= 11 is 0. The Kier molecular flexibility index (Phi) is 4.43. The molecule has 1 aromatic rings. The van der Waals surface area contributed by atoms with Crippen LogP contribution >= 0.6 is 0 Å². The van der Waals surface area contributed by atoms with E-state index < -0.39 is 11.9 Å². The molecule has 0 radical (unpaired) electrons. The predicted octanol–water partition coefficient (Wildman–Crippen LogP) is 0.261. The monoisotopic (exact) mass is 255 g/mol. The zero-order valence-electron chi connectivity index (χ0n) is 10.6. The molecule has 18 heavy (non-hydrogen) atoms. The van der Waals surface area contributed by atoms with E-state index in [0.717, 1.165) is 11.3 Å². The molecule has 0 fully saturated rings. The van der Waals surface area contributed by atoms with Crippen molar-refractivity contribution in [2.75, 3.05) is 13.1 Å². The summed E-state index contributed by atoms with van der Waals surface area (Å²) in [7, 11) is 1.77. The molecule has 1 atom stereocenters. The highest BCUT2D eigenvalue weighted by molar-refractivity contribution is 5.72. The van der Waals surface area contributed by atoms with Crippen molar-refractivity contribution in [3.63, 3.8) is 0 Å². The number of nitrogens with zero attached hydrogens (tertiary/aromatic N) is 3. The van der Waals surface area contributed by atoms with Crippen molar-refractivity contribution in [1.29, 1.82) is 0 Å². The Morgan fingerprint density at radius 2 is 1.89 bits per heavy atom. The van der Waals surface area contributed by atoms with Crippen LogP contribution in [0.3, 0.4) is 0 Å². The van der Waals surface area contributed by atoms with Crippen LogP contribution in [0.2, 0.25) is 0 Å². The van der Waals surface area contributed by atoms with Crippen LogP contribution in [-0.4, -0.2) is 49.9 Å². The van der Waals surface area contributed by atoms with Gasteiger partial charge in [0, 0.05) is 24.8 Å². The van der Waals surface area contributed by atoms with Gasteiger partial charge in [-0.05, 0) is 13.8 Å². The van der Waals surface area contributed by atoms with Crippen LogP contribution in [0.15, 0.2) is 6.20 Å². The van der Waals surface area contributed by atoms with Crippen molar-refractivity contribution in [3.05, 3.63) is 17.5 Å². The molecule has 0 aromatic carbocycles. The van der Waals surface area contributed by atoms with Gasteiger partial charge in [-0.1, -0.05) is 0 Å². The molecule has 2 N–H and O–H groups in total. The Morgan fingerprint density at radius 1 is 1.39 bits per heavy atom. The van der Waals surface area contributed by atoms with Crippen LogP contribution in [0, 0.1) is 6.92 Å². The quantitative estimate of drug-likeness (QED) is 0.757. The number of carboxylic acid groups (broad SMARTS) is 2. The summed E-state index contributed by atoms with van der Waals surface area (Å²) in [6.07, 6.45) is 1.77. The van der Waals surface area contributed by atoms with Gasteiger partial charge in [0.15, 0.2) is 0 Å².